The molecule has 2 atom stereocenters. The topological polar surface area (TPSA) is 49.4 Å². The molecule has 2 rings (SSSR count). The molecule has 0 aromatic heterocycles. The third-order valence-electron chi connectivity index (χ3n) is 3.88. The van der Waals surface area contributed by atoms with Gasteiger partial charge in [0.05, 0.1) is 6.04 Å². The van der Waals surface area contributed by atoms with Crippen LogP contribution in [0.2, 0.25) is 0 Å². The van der Waals surface area contributed by atoms with Crippen molar-refractivity contribution >= 4 is 22.5 Å². The van der Waals surface area contributed by atoms with Crippen LogP contribution in [0, 0.1) is 12.3 Å². The molecule has 2 amide bonds. The van der Waals surface area contributed by atoms with Gasteiger partial charge in [-0.25, -0.2) is 4.79 Å². The fourth-order valence-electron chi connectivity index (χ4n) is 2.24. The van der Waals surface area contributed by atoms with Gasteiger partial charge in [0.15, 0.2) is 0 Å². The lowest BCUT2D eigenvalue weighted by atomic mass is 10.1. The highest BCUT2D eigenvalue weighted by atomic mass is 32.2. The number of terminal acetylenes is 1. The van der Waals surface area contributed by atoms with Gasteiger partial charge in [0.25, 0.3) is 0 Å². The zero-order valence-corrected chi connectivity index (χ0v) is 14.8. The minimum absolute atomic E-state index is 0.125. The largest absolute Gasteiger partial charge is 0.322 e. The van der Waals surface area contributed by atoms with Gasteiger partial charge in [-0.1, -0.05) is 24.1 Å². The van der Waals surface area contributed by atoms with Crippen LogP contribution < -0.4 is 5.32 Å². The molecular weight excluding hydrogens is 320 g/mol. The van der Waals surface area contributed by atoms with E-state index >= 15 is 0 Å². The summed E-state index contributed by atoms with van der Waals surface area (Å²) in [5, 5.41) is 2.84. The van der Waals surface area contributed by atoms with Crippen LogP contribution in [0.3, 0.4) is 0 Å². The zero-order valence-electron chi connectivity index (χ0n) is 13.9. The molecule has 0 saturated carbocycles. The molecule has 0 fully saturated rings. The summed E-state index contributed by atoms with van der Waals surface area (Å²) in [6.45, 7) is 1.94. The third kappa shape index (κ3) is 4.24. The average molecular weight is 340 g/mol. The number of nitrogens with zero attached hydrogens (tertiary/aromatic N) is 1. The molecule has 0 aliphatic carbocycles. The molecule has 0 aliphatic heterocycles. The monoisotopic (exact) mass is 340 g/mol. The standard InChI is InChI=1S/C19H20N2O2S/c1-5-15-7-6-8-17(13-15)20-19(22)21(3)14(2)16-9-11-18(12-10-16)24(4)23/h1,6-14H,2-4H3,(H,20,22)/t14-,24-/m1/s1. The van der Waals surface area contributed by atoms with E-state index in [0.717, 1.165) is 10.5 Å². The van der Waals surface area contributed by atoms with Crippen LogP contribution in [0.25, 0.3) is 0 Å². The highest BCUT2D eigenvalue weighted by Crippen LogP contribution is 2.21. The molecule has 5 heteroatoms. The van der Waals surface area contributed by atoms with E-state index in [1.165, 1.54) is 0 Å². The molecule has 0 heterocycles. The summed E-state index contributed by atoms with van der Waals surface area (Å²) >= 11 is 0. The Morgan fingerprint density at radius 2 is 1.92 bits per heavy atom. The lowest BCUT2D eigenvalue weighted by Gasteiger charge is -2.25. The quantitative estimate of drug-likeness (QED) is 0.864. The van der Waals surface area contributed by atoms with Gasteiger partial charge < -0.3 is 10.2 Å². The number of urea groups is 1. The van der Waals surface area contributed by atoms with E-state index in [-0.39, 0.29) is 12.1 Å². The summed E-state index contributed by atoms with van der Waals surface area (Å²) in [5.41, 5.74) is 2.34. The molecule has 0 saturated heterocycles. The SMILES string of the molecule is C#Cc1cccc(NC(=O)N(C)[C@H](C)c2ccc([S@@](C)=O)cc2)c1. The number of hydrogen-bond donors (Lipinski definition) is 1. The fourth-order valence-corrected chi connectivity index (χ4v) is 2.76. The predicted octanol–water partition coefficient (Wildman–Crippen LogP) is 3.63. The van der Waals surface area contributed by atoms with Gasteiger partial charge in [-0.05, 0) is 42.8 Å². The van der Waals surface area contributed by atoms with Gasteiger partial charge >= 0.3 is 6.03 Å². The predicted molar refractivity (Wildman–Crippen MR) is 98.3 cm³/mol. The van der Waals surface area contributed by atoms with Crippen LogP contribution in [0.5, 0.6) is 0 Å². The van der Waals surface area contributed by atoms with E-state index in [1.807, 2.05) is 31.2 Å². The zero-order chi connectivity index (χ0) is 17.7. The van der Waals surface area contributed by atoms with Crippen molar-refractivity contribution in [3.05, 3.63) is 59.7 Å². The van der Waals surface area contributed by atoms with Crippen LogP contribution >= 0.6 is 0 Å². The first kappa shape index (κ1) is 17.8. The van der Waals surface area contributed by atoms with Crippen molar-refractivity contribution < 1.29 is 9.00 Å². The molecule has 0 unspecified atom stereocenters. The Kier molecular flexibility index (Phi) is 5.78. The van der Waals surface area contributed by atoms with E-state index in [4.69, 9.17) is 6.42 Å². The first-order chi connectivity index (χ1) is 11.4. The third-order valence-corrected chi connectivity index (χ3v) is 4.81. The average Bonchev–Trinajstić information content (AvgIpc) is 2.60. The number of anilines is 1. The molecule has 1 N–H and O–H groups in total. The molecule has 2 aromatic rings. The number of carbonyl (C=O) groups is 1. The maximum Gasteiger partial charge on any atom is 0.322 e. The highest BCUT2D eigenvalue weighted by molar-refractivity contribution is 7.84. The van der Waals surface area contributed by atoms with Gasteiger partial charge in [-0.2, -0.15) is 0 Å². The minimum atomic E-state index is -1.01. The normalized spacial score (nSPS) is 12.8. The Morgan fingerprint density at radius 1 is 1.25 bits per heavy atom. The molecule has 0 aliphatic rings. The van der Waals surface area contributed by atoms with E-state index in [1.54, 1.807) is 42.5 Å². The summed E-state index contributed by atoms with van der Waals surface area (Å²) in [4.78, 5) is 14.8. The Labute approximate surface area is 145 Å². The fraction of sp³-hybridized carbons (Fsp3) is 0.211. The van der Waals surface area contributed by atoms with Crippen LogP contribution in [-0.2, 0) is 10.8 Å². The van der Waals surface area contributed by atoms with Crippen molar-refractivity contribution in [1.29, 1.82) is 0 Å². The number of carbonyl (C=O) groups excluding carboxylic acids is 1. The van der Waals surface area contributed by atoms with Crippen LogP contribution in [0.15, 0.2) is 53.4 Å². The summed E-state index contributed by atoms with van der Waals surface area (Å²) < 4.78 is 11.4. The molecule has 4 nitrogen and oxygen atoms in total. The molecule has 0 spiro atoms. The highest BCUT2D eigenvalue weighted by Gasteiger charge is 2.17. The van der Waals surface area contributed by atoms with Crippen molar-refractivity contribution in [3.8, 4) is 12.3 Å². The van der Waals surface area contributed by atoms with Gasteiger partial charge in [0, 0.05) is 40.2 Å². The number of nitrogens with one attached hydrogen (secondary N) is 1. The number of hydrogen-bond acceptors (Lipinski definition) is 2. The molecule has 0 radical (unpaired) electrons. The second-order valence-electron chi connectivity index (χ2n) is 5.47. The van der Waals surface area contributed by atoms with E-state index in [9.17, 15) is 9.00 Å². The van der Waals surface area contributed by atoms with E-state index in [0.29, 0.717) is 11.3 Å². The number of rotatable bonds is 4. The Hall–Kier alpha value is -2.58. The summed E-state index contributed by atoms with van der Waals surface area (Å²) in [6.07, 6.45) is 7.01. The van der Waals surface area contributed by atoms with Crippen molar-refractivity contribution in [2.24, 2.45) is 0 Å². The summed E-state index contributed by atoms with van der Waals surface area (Å²) in [6, 6.07) is 14.2. The van der Waals surface area contributed by atoms with Gasteiger partial charge in [0.1, 0.15) is 0 Å². The second kappa shape index (κ2) is 7.80. The first-order valence-corrected chi connectivity index (χ1v) is 9.02. The Morgan fingerprint density at radius 3 is 2.50 bits per heavy atom. The van der Waals surface area contributed by atoms with Crippen molar-refractivity contribution in [1.82, 2.24) is 4.90 Å². The molecule has 0 bridgehead atoms. The molecule has 124 valence electrons. The first-order valence-electron chi connectivity index (χ1n) is 7.46. The number of benzene rings is 2. The summed E-state index contributed by atoms with van der Waals surface area (Å²) in [5.74, 6) is 2.54. The Balaban J connectivity index is 2.08. The smallest absolute Gasteiger partial charge is 0.321 e. The van der Waals surface area contributed by atoms with E-state index < -0.39 is 10.8 Å². The molecular formula is C19H20N2O2S. The van der Waals surface area contributed by atoms with Crippen LogP contribution in [0.4, 0.5) is 10.5 Å². The summed E-state index contributed by atoms with van der Waals surface area (Å²) in [7, 11) is 0.724. The van der Waals surface area contributed by atoms with Gasteiger partial charge in [-0.15, -0.1) is 6.42 Å². The van der Waals surface area contributed by atoms with E-state index in [2.05, 4.69) is 11.2 Å². The lowest BCUT2D eigenvalue weighted by molar-refractivity contribution is 0.208. The van der Waals surface area contributed by atoms with Gasteiger partial charge in [0.2, 0.25) is 0 Å². The van der Waals surface area contributed by atoms with Crippen molar-refractivity contribution in [3.63, 3.8) is 0 Å². The molecule has 24 heavy (non-hydrogen) atoms. The number of amides is 2. The maximum atomic E-state index is 12.4. The second-order valence-corrected chi connectivity index (χ2v) is 6.84. The lowest BCUT2D eigenvalue weighted by Crippen LogP contribution is -2.33. The Bertz CT molecular complexity index is 794. The van der Waals surface area contributed by atoms with Crippen molar-refractivity contribution in [2.75, 3.05) is 18.6 Å². The molecule has 2 aromatic carbocycles. The minimum Gasteiger partial charge on any atom is -0.321 e. The van der Waals surface area contributed by atoms with Crippen molar-refractivity contribution in [2.45, 2.75) is 17.9 Å². The van der Waals surface area contributed by atoms with Crippen LogP contribution in [-0.4, -0.2) is 28.4 Å². The van der Waals surface area contributed by atoms with Crippen LogP contribution in [0.1, 0.15) is 24.1 Å². The maximum absolute atomic E-state index is 12.4. The van der Waals surface area contributed by atoms with Gasteiger partial charge in [-0.3, -0.25) is 4.21 Å².